The summed E-state index contributed by atoms with van der Waals surface area (Å²) < 4.78 is 4.90. The van der Waals surface area contributed by atoms with E-state index in [1.165, 1.54) is 7.11 Å². The van der Waals surface area contributed by atoms with E-state index in [1.807, 2.05) is 48.5 Å². The maximum Gasteiger partial charge on any atom is 0.339 e. The molecule has 0 saturated heterocycles. The molecule has 3 rings (SSSR count). The predicted octanol–water partition coefficient (Wildman–Crippen LogP) is 3.65. The van der Waals surface area contributed by atoms with Crippen molar-refractivity contribution < 1.29 is 9.53 Å². The molecule has 0 aromatic heterocycles. The molecule has 0 atom stereocenters. The smallest absolute Gasteiger partial charge is 0.339 e. The van der Waals surface area contributed by atoms with Crippen LogP contribution in [-0.4, -0.2) is 13.1 Å². The Labute approximate surface area is 116 Å². The summed E-state index contributed by atoms with van der Waals surface area (Å²) in [5.74, 6) is -0.387. The quantitative estimate of drug-likeness (QED) is 0.496. The first-order chi connectivity index (χ1) is 9.77. The van der Waals surface area contributed by atoms with Crippen LogP contribution in [-0.2, 0) is 4.74 Å². The van der Waals surface area contributed by atoms with Crippen LogP contribution in [0.25, 0.3) is 21.5 Å². The predicted molar refractivity (Wildman–Crippen MR) is 77.5 cm³/mol. The van der Waals surface area contributed by atoms with Crippen molar-refractivity contribution in [2.24, 2.45) is 0 Å². The molecule has 0 saturated carbocycles. The molecular weight excluding hydrogens is 250 g/mol. The molecule has 0 spiro atoms. The molecule has 20 heavy (non-hydrogen) atoms. The van der Waals surface area contributed by atoms with Gasteiger partial charge in [0.15, 0.2) is 0 Å². The van der Waals surface area contributed by atoms with E-state index in [4.69, 9.17) is 4.74 Å². The summed E-state index contributed by atoms with van der Waals surface area (Å²) in [7, 11) is 1.37. The summed E-state index contributed by atoms with van der Waals surface area (Å²) in [6, 6.07) is 17.1. The monoisotopic (exact) mass is 261 g/mol. The average molecular weight is 261 g/mol. The zero-order valence-corrected chi connectivity index (χ0v) is 10.9. The lowest BCUT2D eigenvalue weighted by Gasteiger charge is -2.11. The van der Waals surface area contributed by atoms with Gasteiger partial charge >= 0.3 is 5.97 Å². The summed E-state index contributed by atoms with van der Waals surface area (Å²) in [5, 5.41) is 12.5. The number of carbonyl (C=O) groups is 1. The van der Waals surface area contributed by atoms with E-state index in [1.54, 1.807) is 0 Å². The normalized spacial score (nSPS) is 10.4. The lowest BCUT2D eigenvalue weighted by atomic mass is 9.92. The molecular formula is C17H11NO2. The Kier molecular flexibility index (Phi) is 2.85. The van der Waals surface area contributed by atoms with E-state index in [2.05, 4.69) is 6.07 Å². The minimum atomic E-state index is -0.387. The molecule has 0 aliphatic rings. The van der Waals surface area contributed by atoms with Crippen LogP contribution in [0.2, 0.25) is 0 Å². The van der Waals surface area contributed by atoms with E-state index < -0.39 is 0 Å². The third kappa shape index (κ3) is 1.63. The molecule has 3 aromatic rings. The molecule has 3 heteroatoms. The average Bonchev–Trinajstić information content (AvgIpc) is 2.51. The van der Waals surface area contributed by atoms with Gasteiger partial charge < -0.3 is 4.74 Å². The van der Waals surface area contributed by atoms with Crippen molar-refractivity contribution in [2.75, 3.05) is 7.11 Å². The highest BCUT2D eigenvalue weighted by atomic mass is 16.5. The van der Waals surface area contributed by atoms with E-state index in [0.717, 1.165) is 21.5 Å². The molecule has 0 N–H and O–H groups in total. The number of fused-ring (bicyclic) bond motifs is 2. The fraction of sp³-hybridized carbons (Fsp3) is 0.0588. The van der Waals surface area contributed by atoms with Gasteiger partial charge in [-0.25, -0.2) is 4.79 Å². The lowest BCUT2D eigenvalue weighted by Crippen LogP contribution is -2.04. The molecule has 0 heterocycles. The van der Waals surface area contributed by atoms with Crippen molar-refractivity contribution in [1.29, 1.82) is 5.26 Å². The number of hydrogen-bond donors (Lipinski definition) is 0. The highest BCUT2D eigenvalue weighted by molar-refractivity contribution is 6.19. The summed E-state index contributed by atoms with van der Waals surface area (Å²) in [6.07, 6.45) is 0. The first kappa shape index (κ1) is 12.2. The highest BCUT2D eigenvalue weighted by Crippen LogP contribution is 2.32. The van der Waals surface area contributed by atoms with Gasteiger partial charge in [0.05, 0.1) is 18.2 Å². The summed E-state index contributed by atoms with van der Waals surface area (Å²) in [5.41, 5.74) is 1.10. The molecule has 0 fully saturated rings. The van der Waals surface area contributed by atoms with Crippen molar-refractivity contribution in [3.8, 4) is 6.07 Å². The first-order valence-corrected chi connectivity index (χ1v) is 6.19. The molecule has 0 amide bonds. The number of ether oxygens (including phenoxy) is 1. The second-order valence-electron chi connectivity index (χ2n) is 4.44. The highest BCUT2D eigenvalue weighted by Gasteiger charge is 2.18. The standard InChI is InChI=1S/C17H11NO2/c1-20-17(19)16-13-8-4-2-6-11(13)15(10-18)12-7-3-5-9-14(12)16/h2-9H,1H3. The van der Waals surface area contributed by atoms with Gasteiger partial charge in [-0.05, 0) is 10.8 Å². The summed E-state index contributed by atoms with van der Waals surface area (Å²) >= 11 is 0. The Bertz CT molecular complexity index is 818. The maximum atomic E-state index is 12.1. The molecule has 3 aromatic carbocycles. The number of nitriles is 1. The van der Waals surface area contributed by atoms with Crippen molar-refractivity contribution in [3.05, 3.63) is 59.7 Å². The zero-order chi connectivity index (χ0) is 14.1. The number of rotatable bonds is 1. The van der Waals surface area contributed by atoms with Gasteiger partial charge in [-0.2, -0.15) is 5.26 Å². The van der Waals surface area contributed by atoms with Gasteiger partial charge in [-0.15, -0.1) is 0 Å². The Hall–Kier alpha value is -2.86. The van der Waals surface area contributed by atoms with E-state index in [9.17, 15) is 10.1 Å². The fourth-order valence-electron chi connectivity index (χ4n) is 2.57. The fourth-order valence-corrected chi connectivity index (χ4v) is 2.57. The van der Waals surface area contributed by atoms with Crippen molar-refractivity contribution in [3.63, 3.8) is 0 Å². The van der Waals surface area contributed by atoms with Crippen LogP contribution in [0.1, 0.15) is 15.9 Å². The van der Waals surface area contributed by atoms with Gasteiger partial charge in [-0.1, -0.05) is 48.5 Å². The third-order valence-electron chi connectivity index (χ3n) is 3.43. The van der Waals surface area contributed by atoms with Crippen LogP contribution in [0.5, 0.6) is 0 Å². The van der Waals surface area contributed by atoms with Crippen molar-refractivity contribution in [1.82, 2.24) is 0 Å². The Morgan fingerprint density at radius 2 is 1.40 bits per heavy atom. The topological polar surface area (TPSA) is 50.1 Å². The number of methoxy groups -OCH3 is 1. The molecule has 0 unspecified atom stereocenters. The molecule has 0 radical (unpaired) electrons. The second-order valence-corrected chi connectivity index (χ2v) is 4.44. The largest absolute Gasteiger partial charge is 0.465 e. The summed E-state index contributed by atoms with van der Waals surface area (Å²) in [6.45, 7) is 0. The Morgan fingerprint density at radius 3 is 1.80 bits per heavy atom. The van der Waals surface area contributed by atoms with Crippen molar-refractivity contribution in [2.45, 2.75) is 0 Å². The van der Waals surface area contributed by atoms with E-state index >= 15 is 0 Å². The van der Waals surface area contributed by atoms with E-state index in [-0.39, 0.29) is 5.97 Å². The van der Waals surface area contributed by atoms with Crippen LogP contribution in [0.3, 0.4) is 0 Å². The number of hydrogen-bond acceptors (Lipinski definition) is 3. The Morgan fingerprint density at radius 1 is 0.950 bits per heavy atom. The number of benzene rings is 3. The van der Waals surface area contributed by atoms with E-state index in [0.29, 0.717) is 11.1 Å². The maximum absolute atomic E-state index is 12.1. The number of nitrogens with zero attached hydrogens (tertiary/aromatic N) is 1. The van der Waals surface area contributed by atoms with Crippen LogP contribution >= 0.6 is 0 Å². The lowest BCUT2D eigenvalue weighted by molar-refractivity contribution is 0.0605. The zero-order valence-electron chi connectivity index (χ0n) is 10.9. The third-order valence-corrected chi connectivity index (χ3v) is 3.43. The van der Waals surface area contributed by atoms with Crippen LogP contribution in [0.15, 0.2) is 48.5 Å². The van der Waals surface area contributed by atoms with Crippen LogP contribution < -0.4 is 0 Å². The molecule has 0 aliphatic heterocycles. The summed E-state index contributed by atoms with van der Waals surface area (Å²) in [4.78, 5) is 12.1. The molecule has 0 bridgehead atoms. The molecule has 3 nitrogen and oxygen atoms in total. The Balaban J connectivity index is 2.64. The van der Waals surface area contributed by atoms with Gasteiger partial charge in [0.25, 0.3) is 0 Å². The minimum Gasteiger partial charge on any atom is -0.465 e. The minimum absolute atomic E-state index is 0.387. The van der Waals surface area contributed by atoms with Crippen LogP contribution in [0, 0.1) is 11.3 Å². The number of carbonyl (C=O) groups excluding carboxylic acids is 1. The first-order valence-electron chi connectivity index (χ1n) is 6.19. The number of esters is 1. The molecule has 0 aliphatic carbocycles. The van der Waals surface area contributed by atoms with Gasteiger partial charge in [0, 0.05) is 10.8 Å². The second kappa shape index (κ2) is 4.67. The SMILES string of the molecule is COC(=O)c1c2ccccc2c(C#N)c2ccccc12. The molecule has 96 valence electrons. The van der Waals surface area contributed by atoms with Gasteiger partial charge in [-0.3, -0.25) is 0 Å². The van der Waals surface area contributed by atoms with Gasteiger partial charge in [0.2, 0.25) is 0 Å². The van der Waals surface area contributed by atoms with Crippen LogP contribution in [0.4, 0.5) is 0 Å². The van der Waals surface area contributed by atoms with Gasteiger partial charge in [0.1, 0.15) is 6.07 Å². The van der Waals surface area contributed by atoms with Crippen molar-refractivity contribution >= 4 is 27.5 Å².